The van der Waals surface area contributed by atoms with Gasteiger partial charge in [-0.05, 0) is 30.5 Å². The molecular formula is C18H17N3O2S. The topological polar surface area (TPSA) is 64.0 Å². The number of benzene rings is 2. The van der Waals surface area contributed by atoms with Crippen LogP contribution in [0, 0.1) is 0 Å². The van der Waals surface area contributed by atoms with Crippen LogP contribution in [0.15, 0.2) is 64.5 Å². The average molecular weight is 339 g/mol. The van der Waals surface area contributed by atoms with E-state index in [2.05, 4.69) is 10.3 Å². The number of carbonyl (C=O) groups excluding carboxylic acids is 1. The van der Waals surface area contributed by atoms with Crippen molar-refractivity contribution < 1.29 is 4.79 Å². The summed E-state index contributed by atoms with van der Waals surface area (Å²) in [5, 5.41) is 3.46. The van der Waals surface area contributed by atoms with E-state index in [1.165, 1.54) is 10.9 Å². The maximum Gasteiger partial charge on any atom is 0.261 e. The number of carbonyl (C=O) groups is 1. The zero-order valence-corrected chi connectivity index (χ0v) is 14.0. The standard InChI is InChI=1S/C18H17N3O2S/c1-24-16-9-5-4-8-15(16)20-17(22)10-11-21-12-19-14-7-3-2-6-13(14)18(21)23/h2-9,12H,10-11H2,1H3,(H,20,22). The van der Waals surface area contributed by atoms with Gasteiger partial charge in [0.2, 0.25) is 5.91 Å². The first-order valence-corrected chi connectivity index (χ1v) is 8.78. The number of para-hydroxylation sites is 2. The summed E-state index contributed by atoms with van der Waals surface area (Å²) in [6, 6.07) is 14.8. The molecule has 2 aromatic carbocycles. The van der Waals surface area contributed by atoms with E-state index in [9.17, 15) is 9.59 Å². The Hall–Kier alpha value is -2.60. The molecule has 0 unspecified atom stereocenters. The lowest BCUT2D eigenvalue weighted by molar-refractivity contribution is -0.116. The Labute approximate surface area is 143 Å². The molecule has 1 amide bonds. The fourth-order valence-corrected chi connectivity index (χ4v) is 3.00. The molecule has 1 aromatic heterocycles. The van der Waals surface area contributed by atoms with Crippen molar-refractivity contribution in [3.8, 4) is 0 Å². The Bertz CT molecular complexity index is 937. The van der Waals surface area contributed by atoms with Crippen LogP contribution in [0.4, 0.5) is 5.69 Å². The molecular weight excluding hydrogens is 322 g/mol. The molecule has 0 saturated carbocycles. The van der Waals surface area contributed by atoms with Gasteiger partial charge in [-0.3, -0.25) is 14.2 Å². The minimum Gasteiger partial charge on any atom is -0.325 e. The number of nitrogens with one attached hydrogen (secondary N) is 1. The molecule has 0 fully saturated rings. The second kappa shape index (κ2) is 7.31. The van der Waals surface area contributed by atoms with Crippen molar-refractivity contribution in [1.29, 1.82) is 0 Å². The fourth-order valence-electron chi connectivity index (χ4n) is 2.45. The molecule has 24 heavy (non-hydrogen) atoms. The molecule has 0 saturated heterocycles. The third-order valence-electron chi connectivity index (χ3n) is 3.69. The van der Waals surface area contributed by atoms with Gasteiger partial charge in [0.25, 0.3) is 5.56 Å². The number of aromatic nitrogens is 2. The molecule has 0 spiro atoms. The minimum atomic E-state index is -0.128. The lowest BCUT2D eigenvalue weighted by atomic mass is 10.2. The number of hydrogen-bond acceptors (Lipinski definition) is 4. The van der Waals surface area contributed by atoms with Gasteiger partial charge < -0.3 is 5.32 Å². The van der Waals surface area contributed by atoms with Crippen molar-refractivity contribution in [3.63, 3.8) is 0 Å². The van der Waals surface area contributed by atoms with Crippen LogP contribution < -0.4 is 10.9 Å². The number of fused-ring (bicyclic) bond motifs is 1. The molecule has 0 aliphatic heterocycles. The molecule has 0 aliphatic rings. The minimum absolute atomic E-state index is 0.127. The van der Waals surface area contributed by atoms with E-state index >= 15 is 0 Å². The van der Waals surface area contributed by atoms with Crippen LogP contribution >= 0.6 is 11.8 Å². The third-order valence-corrected chi connectivity index (χ3v) is 4.49. The van der Waals surface area contributed by atoms with E-state index in [4.69, 9.17) is 0 Å². The summed E-state index contributed by atoms with van der Waals surface area (Å²) < 4.78 is 1.47. The molecule has 0 aliphatic carbocycles. The number of amides is 1. The third kappa shape index (κ3) is 3.49. The zero-order chi connectivity index (χ0) is 16.9. The normalized spacial score (nSPS) is 10.7. The van der Waals surface area contributed by atoms with Crippen LogP contribution in [0.2, 0.25) is 0 Å². The Morgan fingerprint density at radius 3 is 2.75 bits per heavy atom. The summed E-state index contributed by atoms with van der Waals surface area (Å²) in [6.45, 7) is 0.296. The van der Waals surface area contributed by atoms with Gasteiger partial charge >= 0.3 is 0 Å². The van der Waals surface area contributed by atoms with E-state index < -0.39 is 0 Å². The van der Waals surface area contributed by atoms with E-state index in [1.54, 1.807) is 23.9 Å². The highest BCUT2D eigenvalue weighted by atomic mass is 32.2. The fraction of sp³-hybridized carbons (Fsp3) is 0.167. The first kappa shape index (κ1) is 16.3. The van der Waals surface area contributed by atoms with E-state index in [1.807, 2.05) is 42.7 Å². The molecule has 0 atom stereocenters. The second-order valence-corrected chi connectivity index (χ2v) is 6.11. The van der Waals surface area contributed by atoms with Crippen LogP contribution in [0.5, 0.6) is 0 Å². The lowest BCUT2D eigenvalue weighted by Crippen LogP contribution is -2.23. The molecule has 1 heterocycles. The Morgan fingerprint density at radius 1 is 1.17 bits per heavy atom. The van der Waals surface area contributed by atoms with Crippen molar-refractivity contribution in [2.45, 2.75) is 17.9 Å². The molecule has 0 bridgehead atoms. The summed E-state index contributed by atoms with van der Waals surface area (Å²) in [4.78, 5) is 29.8. The van der Waals surface area contributed by atoms with Crippen molar-refractivity contribution in [2.24, 2.45) is 0 Å². The maximum atomic E-state index is 12.4. The summed E-state index contributed by atoms with van der Waals surface area (Å²) in [7, 11) is 0. The van der Waals surface area contributed by atoms with Crippen molar-refractivity contribution in [3.05, 3.63) is 65.2 Å². The first-order chi connectivity index (χ1) is 11.7. The molecule has 5 nitrogen and oxygen atoms in total. The summed E-state index contributed by atoms with van der Waals surface area (Å²) in [5.74, 6) is -0.128. The number of nitrogens with zero attached hydrogens (tertiary/aromatic N) is 2. The van der Waals surface area contributed by atoms with Crippen LogP contribution in [0.25, 0.3) is 10.9 Å². The highest BCUT2D eigenvalue weighted by molar-refractivity contribution is 7.98. The Balaban J connectivity index is 1.71. The molecule has 6 heteroatoms. The Kier molecular flexibility index (Phi) is 4.96. The Morgan fingerprint density at radius 2 is 1.92 bits per heavy atom. The number of hydrogen-bond donors (Lipinski definition) is 1. The van der Waals surface area contributed by atoms with Gasteiger partial charge in [-0.2, -0.15) is 0 Å². The van der Waals surface area contributed by atoms with Crippen molar-refractivity contribution in [1.82, 2.24) is 9.55 Å². The zero-order valence-electron chi connectivity index (χ0n) is 13.2. The number of aryl methyl sites for hydroxylation is 1. The van der Waals surface area contributed by atoms with Crippen molar-refractivity contribution >= 4 is 34.3 Å². The average Bonchev–Trinajstić information content (AvgIpc) is 2.62. The smallest absolute Gasteiger partial charge is 0.261 e. The predicted octanol–water partition coefficient (Wildman–Crippen LogP) is 3.15. The lowest BCUT2D eigenvalue weighted by Gasteiger charge is -2.10. The predicted molar refractivity (Wildman–Crippen MR) is 97.5 cm³/mol. The van der Waals surface area contributed by atoms with Gasteiger partial charge in [0, 0.05) is 17.9 Å². The van der Waals surface area contributed by atoms with E-state index in [0.717, 1.165) is 10.6 Å². The first-order valence-electron chi connectivity index (χ1n) is 7.56. The van der Waals surface area contributed by atoms with Gasteiger partial charge in [-0.25, -0.2) is 4.98 Å². The molecule has 0 radical (unpaired) electrons. The SMILES string of the molecule is CSc1ccccc1NC(=O)CCn1cnc2ccccc2c1=O. The molecule has 3 aromatic rings. The van der Waals surface area contributed by atoms with Crippen LogP contribution in [-0.2, 0) is 11.3 Å². The van der Waals surface area contributed by atoms with Gasteiger partial charge in [0.15, 0.2) is 0 Å². The monoisotopic (exact) mass is 339 g/mol. The quantitative estimate of drug-likeness (QED) is 0.725. The van der Waals surface area contributed by atoms with Gasteiger partial charge in [-0.15, -0.1) is 11.8 Å². The van der Waals surface area contributed by atoms with Crippen LogP contribution in [0.3, 0.4) is 0 Å². The highest BCUT2D eigenvalue weighted by Crippen LogP contribution is 2.24. The van der Waals surface area contributed by atoms with Gasteiger partial charge in [0.1, 0.15) is 0 Å². The maximum absolute atomic E-state index is 12.4. The highest BCUT2D eigenvalue weighted by Gasteiger charge is 2.08. The molecule has 122 valence electrons. The summed E-state index contributed by atoms with van der Waals surface area (Å²) in [5.41, 5.74) is 1.33. The van der Waals surface area contributed by atoms with Crippen molar-refractivity contribution in [2.75, 3.05) is 11.6 Å². The van der Waals surface area contributed by atoms with Crippen LogP contribution in [-0.4, -0.2) is 21.7 Å². The number of thioether (sulfide) groups is 1. The number of anilines is 1. The number of rotatable bonds is 5. The van der Waals surface area contributed by atoms with Gasteiger partial charge in [0.05, 0.1) is 22.9 Å². The second-order valence-electron chi connectivity index (χ2n) is 5.26. The van der Waals surface area contributed by atoms with Crippen LogP contribution in [0.1, 0.15) is 6.42 Å². The molecule has 3 rings (SSSR count). The largest absolute Gasteiger partial charge is 0.325 e. The van der Waals surface area contributed by atoms with E-state index in [0.29, 0.717) is 17.4 Å². The summed E-state index contributed by atoms with van der Waals surface area (Å²) >= 11 is 1.58. The summed E-state index contributed by atoms with van der Waals surface area (Å²) in [6.07, 6.45) is 3.67. The molecule has 1 N–H and O–H groups in total. The van der Waals surface area contributed by atoms with E-state index in [-0.39, 0.29) is 17.9 Å². The van der Waals surface area contributed by atoms with Gasteiger partial charge in [-0.1, -0.05) is 24.3 Å².